The van der Waals surface area contributed by atoms with Crippen molar-refractivity contribution in [3.8, 4) is 5.75 Å². The lowest BCUT2D eigenvalue weighted by Crippen LogP contribution is -2.40. The minimum absolute atomic E-state index is 0.0480. The van der Waals surface area contributed by atoms with Crippen molar-refractivity contribution in [3.63, 3.8) is 0 Å². The van der Waals surface area contributed by atoms with Crippen LogP contribution in [0.25, 0.3) is 0 Å². The number of nitrogens with two attached hydrogens (primary N) is 1. The van der Waals surface area contributed by atoms with E-state index in [9.17, 15) is 9.90 Å². The largest absolute Gasteiger partial charge is 0.508 e. The van der Waals surface area contributed by atoms with Gasteiger partial charge in [-0.3, -0.25) is 4.79 Å². The minimum atomic E-state index is -0.324. The van der Waals surface area contributed by atoms with Crippen LogP contribution in [0.2, 0.25) is 0 Å². The molecular formula is C14H20N2O2. The summed E-state index contributed by atoms with van der Waals surface area (Å²) >= 11 is 0. The number of aryl methyl sites for hydroxylation is 1. The number of hydrogen-bond acceptors (Lipinski definition) is 3. The molecule has 0 unspecified atom stereocenters. The highest BCUT2D eigenvalue weighted by Crippen LogP contribution is 2.30. The van der Waals surface area contributed by atoms with E-state index in [1.807, 2.05) is 6.92 Å². The Morgan fingerprint density at radius 1 is 1.44 bits per heavy atom. The summed E-state index contributed by atoms with van der Waals surface area (Å²) in [5.41, 5.74) is 7.43. The number of benzene rings is 1. The Labute approximate surface area is 107 Å². The number of nitrogens with one attached hydrogen (secondary N) is 1. The lowest BCUT2D eigenvalue weighted by Gasteiger charge is -2.22. The number of phenolic OH excluding ortho intramolecular Hbond substituents is 1. The van der Waals surface area contributed by atoms with Gasteiger partial charge in [0.25, 0.3) is 0 Å². The van der Waals surface area contributed by atoms with Crippen molar-refractivity contribution in [2.24, 2.45) is 5.73 Å². The Bertz CT molecular complexity index is 451. The van der Waals surface area contributed by atoms with Gasteiger partial charge in [-0.25, -0.2) is 0 Å². The summed E-state index contributed by atoms with van der Waals surface area (Å²) in [7, 11) is 0. The first-order valence-corrected chi connectivity index (χ1v) is 6.37. The third kappa shape index (κ3) is 3.01. The second-order valence-electron chi connectivity index (χ2n) is 5.29. The number of hydrogen-bond donors (Lipinski definition) is 3. The van der Waals surface area contributed by atoms with Crippen LogP contribution in [0.15, 0.2) is 18.2 Å². The quantitative estimate of drug-likeness (QED) is 0.718. The number of carbonyl (C=O) groups is 1. The molecule has 0 aromatic heterocycles. The van der Waals surface area contributed by atoms with Crippen LogP contribution in [0, 0.1) is 6.92 Å². The van der Waals surface area contributed by atoms with Gasteiger partial charge in [0.05, 0.1) is 0 Å². The van der Waals surface area contributed by atoms with Gasteiger partial charge in [0.2, 0.25) is 5.91 Å². The van der Waals surface area contributed by atoms with E-state index in [1.54, 1.807) is 18.2 Å². The molecule has 18 heavy (non-hydrogen) atoms. The third-order valence-electron chi connectivity index (χ3n) is 3.60. The molecule has 1 fully saturated rings. The summed E-state index contributed by atoms with van der Waals surface area (Å²) in [5, 5.41) is 12.2. The molecule has 0 aliphatic heterocycles. The van der Waals surface area contributed by atoms with Crippen molar-refractivity contribution in [3.05, 3.63) is 23.8 Å². The van der Waals surface area contributed by atoms with Crippen LogP contribution in [0.1, 0.15) is 37.7 Å². The van der Waals surface area contributed by atoms with Gasteiger partial charge < -0.3 is 16.2 Å². The molecule has 4 heteroatoms. The summed E-state index contributed by atoms with van der Waals surface area (Å²) < 4.78 is 0. The average molecular weight is 248 g/mol. The molecule has 1 aromatic rings. The van der Waals surface area contributed by atoms with E-state index in [0.29, 0.717) is 6.42 Å². The lowest BCUT2D eigenvalue weighted by molar-refractivity contribution is -0.117. The number of aromatic hydroxyl groups is 1. The second-order valence-corrected chi connectivity index (χ2v) is 5.29. The number of rotatable bonds is 3. The Morgan fingerprint density at radius 3 is 2.72 bits per heavy atom. The fraction of sp³-hybridized carbons (Fsp3) is 0.500. The third-order valence-corrected chi connectivity index (χ3v) is 3.60. The Kier molecular flexibility index (Phi) is 3.57. The zero-order valence-electron chi connectivity index (χ0n) is 10.7. The lowest BCUT2D eigenvalue weighted by atomic mass is 9.94. The van der Waals surface area contributed by atoms with E-state index in [2.05, 4.69) is 5.32 Å². The number of carbonyl (C=O) groups excluding carboxylic acids is 1. The second kappa shape index (κ2) is 4.98. The first-order valence-electron chi connectivity index (χ1n) is 6.37. The first kappa shape index (κ1) is 12.9. The van der Waals surface area contributed by atoms with Crippen molar-refractivity contribution in [1.29, 1.82) is 0 Å². The fourth-order valence-corrected chi connectivity index (χ4v) is 2.56. The van der Waals surface area contributed by atoms with E-state index in [1.165, 1.54) is 0 Å². The van der Waals surface area contributed by atoms with Crippen LogP contribution in [0.3, 0.4) is 0 Å². The number of amides is 1. The van der Waals surface area contributed by atoms with Crippen molar-refractivity contribution >= 4 is 11.6 Å². The van der Waals surface area contributed by atoms with E-state index in [4.69, 9.17) is 5.73 Å². The Hall–Kier alpha value is -1.55. The molecule has 4 N–H and O–H groups in total. The monoisotopic (exact) mass is 248 g/mol. The molecule has 1 aromatic carbocycles. The molecule has 1 aliphatic rings. The molecule has 2 rings (SSSR count). The van der Waals surface area contributed by atoms with Crippen LogP contribution in [-0.4, -0.2) is 16.6 Å². The van der Waals surface area contributed by atoms with E-state index >= 15 is 0 Å². The molecule has 0 radical (unpaired) electrons. The van der Waals surface area contributed by atoms with Gasteiger partial charge in [0.1, 0.15) is 5.75 Å². The SMILES string of the molecule is Cc1cc(O)ccc1NC(=O)CC1(N)CCCC1. The van der Waals surface area contributed by atoms with Gasteiger partial charge in [-0.15, -0.1) is 0 Å². The summed E-state index contributed by atoms with van der Waals surface area (Å²) in [6.07, 6.45) is 4.45. The first-order chi connectivity index (χ1) is 8.48. The Balaban J connectivity index is 1.98. The molecule has 4 nitrogen and oxygen atoms in total. The molecule has 0 saturated heterocycles. The smallest absolute Gasteiger partial charge is 0.226 e. The van der Waals surface area contributed by atoms with Crippen molar-refractivity contribution in [1.82, 2.24) is 0 Å². The van der Waals surface area contributed by atoms with E-state index in [0.717, 1.165) is 36.9 Å². The van der Waals surface area contributed by atoms with Crippen molar-refractivity contribution in [2.45, 2.75) is 44.6 Å². The molecular weight excluding hydrogens is 228 g/mol. The van der Waals surface area contributed by atoms with Crippen LogP contribution in [0.5, 0.6) is 5.75 Å². The van der Waals surface area contributed by atoms with Gasteiger partial charge in [-0.05, 0) is 43.5 Å². The highest BCUT2D eigenvalue weighted by atomic mass is 16.3. The van der Waals surface area contributed by atoms with Gasteiger partial charge in [0.15, 0.2) is 0 Å². The van der Waals surface area contributed by atoms with Gasteiger partial charge in [0, 0.05) is 17.6 Å². The summed E-state index contributed by atoms with van der Waals surface area (Å²) in [5.74, 6) is 0.157. The van der Waals surface area contributed by atoms with Crippen LogP contribution in [0.4, 0.5) is 5.69 Å². The predicted octanol–water partition coefficient (Wildman–Crippen LogP) is 2.30. The zero-order valence-corrected chi connectivity index (χ0v) is 10.7. The van der Waals surface area contributed by atoms with Crippen molar-refractivity contribution < 1.29 is 9.90 Å². The number of phenols is 1. The molecule has 1 aliphatic carbocycles. The normalized spacial score (nSPS) is 17.7. The van der Waals surface area contributed by atoms with Crippen LogP contribution < -0.4 is 11.1 Å². The average Bonchev–Trinajstić information content (AvgIpc) is 2.69. The highest BCUT2D eigenvalue weighted by molar-refractivity contribution is 5.92. The number of anilines is 1. The maximum atomic E-state index is 12.0. The topological polar surface area (TPSA) is 75.3 Å². The minimum Gasteiger partial charge on any atom is -0.508 e. The Morgan fingerprint density at radius 2 is 2.11 bits per heavy atom. The predicted molar refractivity (Wildman–Crippen MR) is 71.5 cm³/mol. The van der Waals surface area contributed by atoms with Gasteiger partial charge >= 0.3 is 0 Å². The van der Waals surface area contributed by atoms with E-state index < -0.39 is 0 Å². The van der Waals surface area contributed by atoms with Gasteiger partial charge in [-0.2, -0.15) is 0 Å². The molecule has 1 amide bonds. The summed E-state index contributed by atoms with van der Waals surface area (Å²) in [6.45, 7) is 1.85. The summed E-state index contributed by atoms with van der Waals surface area (Å²) in [4.78, 5) is 12.0. The maximum absolute atomic E-state index is 12.0. The molecule has 1 saturated carbocycles. The zero-order chi connectivity index (χ0) is 13.2. The maximum Gasteiger partial charge on any atom is 0.226 e. The molecule has 98 valence electrons. The van der Waals surface area contributed by atoms with E-state index in [-0.39, 0.29) is 17.2 Å². The molecule has 0 heterocycles. The highest BCUT2D eigenvalue weighted by Gasteiger charge is 2.31. The standard InChI is InChI=1S/C14H20N2O2/c1-10-8-11(17)4-5-12(10)16-13(18)9-14(15)6-2-3-7-14/h4-5,8,17H,2-3,6-7,9,15H2,1H3,(H,16,18). The van der Waals surface area contributed by atoms with Crippen LogP contribution >= 0.6 is 0 Å². The van der Waals surface area contributed by atoms with Crippen LogP contribution in [-0.2, 0) is 4.79 Å². The summed E-state index contributed by atoms with van der Waals surface area (Å²) in [6, 6.07) is 4.90. The fourth-order valence-electron chi connectivity index (χ4n) is 2.56. The molecule has 0 spiro atoms. The molecule has 0 bridgehead atoms. The molecule has 0 atom stereocenters. The van der Waals surface area contributed by atoms with Gasteiger partial charge in [-0.1, -0.05) is 12.8 Å². The van der Waals surface area contributed by atoms with Crippen molar-refractivity contribution in [2.75, 3.05) is 5.32 Å².